The minimum Gasteiger partial charge on any atom is -0.336 e. The number of aromatic nitrogens is 2. The van der Waals surface area contributed by atoms with Gasteiger partial charge in [0.25, 0.3) is 5.91 Å². The van der Waals surface area contributed by atoms with E-state index >= 15 is 0 Å². The number of rotatable bonds is 2. The van der Waals surface area contributed by atoms with Crippen molar-refractivity contribution in [3.63, 3.8) is 0 Å². The fraction of sp³-hybridized carbons (Fsp3) is 0.500. The van der Waals surface area contributed by atoms with Crippen LogP contribution in [0.4, 0.5) is 0 Å². The summed E-state index contributed by atoms with van der Waals surface area (Å²) in [5, 5.41) is 3.34. The molecule has 0 atom stereocenters. The molecule has 1 fully saturated rings. The number of nitrogens with one attached hydrogen (secondary N) is 1. The molecule has 0 aliphatic carbocycles. The van der Waals surface area contributed by atoms with Crippen molar-refractivity contribution < 1.29 is 4.79 Å². The Balaban J connectivity index is 2.09. The average molecular weight is 365 g/mol. The summed E-state index contributed by atoms with van der Waals surface area (Å²) in [4.78, 5) is 19.7. The smallest absolute Gasteiger partial charge is 0.272 e. The van der Waals surface area contributed by atoms with Crippen molar-refractivity contribution in [2.75, 3.05) is 26.2 Å². The topological polar surface area (TPSA) is 49.6 Å². The molecule has 0 unspecified atom stereocenters. The van der Waals surface area contributed by atoms with Crippen molar-refractivity contribution in [2.24, 2.45) is 0 Å². The van der Waals surface area contributed by atoms with Gasteiger partial charge < -0.3 is 10.2 Å². The summed E-state index contributed by atoms with van der Waals surface area (Å²) in [5.74, 6) is 0.0885. The SMILES string of the molecule is CCc1nc2c(C)cc(Br)cn2c1C(=O)N1CCCNCC1. The molecule has 1 aliphatic heterocycles. The van der Waals surface area contributed by atoms with E-state index in [1.807, 2.05) is 35.4 Å². The molecule has 0 saturated carbocycles. The van der Waals surface area contributed by atoms with E-state index in [0.717, 1.165) is 60.4 Å². The van der Waals surface area contributed by atoms with Gasteiger partial charge in [0.2, 0.25) is 0 Å². The molecule has 3 heterocycles. The van der Waals surface area contributed by atoms with Crippen LogP contribution in [0.2, 0.25) is 0 Å². The predicted octanol–water partition coefficient (Wildman–Crippen LogP) is 2.40. The Kier molecular flexibility index (Phi) is 4.49. The first kappa shape index (κ1) is 15.5. The Bertz CT molecular complexity index is 702. The Hall–Kier alpha value is -1.40. The van der Waals surface area contributed by atoms with Gasteiger partial charge in [0.1, 0.15) is 11.3 Å². The maximum absolute atomic E-state index is 13.1. The number of pyridine rings is 1. The zero-order valence-electron chi connectivity index (χ0n) is 13.0. The Morgan fingerprint density at radius 1 is 1.41 bits per heavy atom. The van der Waals surface area contributed by atoms with E-state index in [-0.39, 0.29) is 5.91 Å². The molecule has 3 rings (SSSR count). The highest BCUT2D eigenvalue weighted by Gasteiger charge is 2.24. The Morgan fingerprint density at radius 3 is 3.00 bits per heavy atom. The molecule has 6 heteroatoms. The molecular formula is C16H21BrN4O. The van der Waals surface area contributed by atoms with Crippen molar-refractivity contribution in [3.8, 4) is 0 Å². The number of carbonyl (C=O) groups excluding carboxylic acids is 1. The van der Waals surface area contributed by atoms with Gasteiger partial charge in [0.15, 0.2) is 0 Å². The second-order valence-corrected chi connectivity index (χ2v) is 6.61. The van der Waals surface area contributed by atoms with E-state index in [9.17, 15) is 4.79 Å². The molecule has 0 radical (unpaired) electrons. The fourth-order valence-electron chi connectivity index (χ4n) is 2.99. The molecule has 5 nitrogen and oxygen atoms in total. The van der Waals surface area contributed by atoms with Crippen LogP contribution in [0.25, 0.3) is 5.65 Å². The van der Waals surface area contributed by atoms with E-state index < -0.39 is 0 Å². The summed E-state index contributed by atoms with van der Waals surface area (Å²) >= 11 is 3.52. The van der Waals surface area contributed by atoms with Crippen molar-refractivity contribution in [1.29, 1.82) is 0 Å². The maximum Gasteiger partial charge on any atom is 0.272 e. The monoisotopic (exact) mass is 364 g/mol. The summed E-state index contributed by atoms with van der Waals surface area (Å²) < 4.78 is 2.91. The van der Waals surface area contributed by atoms with Crippen LogP contribution in [0.15, 0.2) is 16.7 Å². The molecule has 0 spiro atoms. The van der Waals surface area contributed by atoms with Gasteiger partial charge in [-0.3, -0.25) is 9.20 Å². The predicted molar refractivity (Wildman–Crippen MR) is 90.4 cm³/mol. The summed E-state index contributed by atoms with van der Waals surface area (Å²) in [6.07, 6.45) is 3.69. The number of imidazole rings is 1. The van der Waals surface area contributed by atoms with Gasteiger partial charge in [-0.1, -0.05) is 6.92 Å². The van der Waals surface area contributed by atoms with Crippen LogP contribution in [0.3, 0.4) is 0 Å². The van der Waals surface area contributed by atoms with Crippen LogP contribution >= 0.6 is 15.9 Å². The molecule has 0 bridgehead atoms. The molecule has 1 N–H and O–H groups in total. The number of nitrogens with zero attached hydrogens (tertiary/aromatic N) is 3. The number of hydrogen-bond donors (Lipinski definition) is 1. The van der Waals surface area contributed by atoms with Crippen LogP contribution < -0.4 is 5.32 Å². The molecule has 118 valence electrons. The first-order chi connectivity index (χ1) is 10.6. The number of amides is 1. The number of halogens is 1. The van der Waals surface area contributed by atoms with Crippen LogP contribution in [0.5, 0.6) is 0 Å². The number of carbonyl (C=O) groups is 1. The van der Waals surface area contributed by atoms with Crippen molar-refractivity contribution in [1.82, 2.24) is 19.6 Å². The highest BCUT2D eigenvalue weighted by atomic mass is 79.9. The largest absolute Gasteiger partial charge is 0.336 e. The molecule has 22 heavy (non-hydrogen) atoms. The highest BCUT2D eigenvalue weighted by molar-refractivity contribution is 9.10. The van der Waals surface area contributed by atoms with Gasteiger partial charge in [-0.2, -0.15) is 0 Å². The van der Waals surface area contributed by atoms with Crippen LogP contribution in [-0.4, -0.2) is 46.4 Å². The second kappa shape index (κ2) is 6.38. The normalized spacial score (nSPS) is 16.0. The fourth-order valence-corrected chi connectivity index (χ4v) is 3.54. The molecule has 2 aromatic heterocycles. The van der Waals surface area contributed by atoms with Crippen LogP contribution in [-0.2, 0) is 6.42 Å². The molecule has 0 aromatic carbocycles. The van der Waals surface area contributed by atoms with Crippen molar-refractivity contribution >= 4 is 27.5 Å². The third-order valence-corrected chi connectivity index (χ3v) is 4.54. The van der Waals surface area contributed by atoms with Gasteiger partial charge in [0, 0.05) is 30.3 Å². The third-order valence-electron chi connectivity index (χ3n) is 4.11. The lowest BCUT2D eigenvalue weighted by atomic mass is 10.2. The standard InChI is InChI=1S/C16H21BrN4O/c1-3-13-14(16(22)20-7-4-5-18-6-8-20)21-10-12(17)9-11(2)15(21)19-13/h9-10,18H,3-8H2,1-2H3. The van der Waals surface area contributed by atoms with Crippen molar-refractivity contribution in [2.45, 2.75) is 26.7 Å². The van der Waals surface area contributed by atoms with Gasteiger partial charge in [-0.05, 0) is 53.9 Å². The van der Waals surface area contributed by atoms with Crippen LogP contribution in [0, 0.1) is 6.92 Å². The van der Waals surface area contributed by atoms with E-state index in [4.69, 9.17) is 4.98 Å². The summed E-state index contributed by atoms with van der Waals surface area (Å²) in [7, 11) is 0. The Labute approximate surface area is 138 Å². The minimum atomic E-state index is 0.0885. The van der Waals surface area contributed by atoms with E-state index in [0.29, 0.717) is 5.69 Å². The molecular weight excluding hydrogens is 344 g/mol. The lowest BCUT2D eigenvalue weighted by molar-refractivity contribution is 0.0758. The van der Waals surface area contributed by atoms with Gasteiger partial charge >= 0.3 is 0 Å². The summed E-state index contributed by atoms with van der Waals surface area (Å²) in [6, 6.07) is 2.03. The van der Waals surface area contributed by atoms with E-state index in [2.05, 4.69) is 21.2 Å². The summed E-state index contributed by atoms with van der Waals surface area (Å²) in [5.41, 5.74) is 3.53. The quantitative estimate of drug-likeness (QED) is 0.889. The zero-order valence-corrected chi connectivity index (χ0v) is 14.6. The molecule has 1 amide bonds. The maximum atomic E-state index is 13.1. The second-order valence-electron chi connectivity index (χ2n) is 5.69. The lowest BCUT2D eigenvalue weighted by Gasteiger charge is -2.20. The van der Waals surface area contributed by atoms with Crippen molar-refractivity contribution in [3.05, 3.63) is 33.7 Å². The van der Waals surface area contributed by atoms with Gasteiger partial charge in [-0.25, -0.2) is 4.98 Å². The third kappa shape index (κ3) is 2.77. The number of aryl methyl sites for hydroxylation is 2. The molecule has 2 aromatic rings. The van der Waals surface area contributed by atoms with E-state index in [1.54, 1.807) is 0 Å². The Morgan fingerprint density at radius 2 is 2.23 bits per heavy atom. The molecule has 1 saturated heterocycles. The minimum absolute atomic E-state index is 0.0885. The first-order valence-electron chi connectivity index (χ1n) is 7.79. The van der Waals surface area contributed by atoms with Gasteiger partial charge in [-0.15, -0.1) is 0 Å². The zero-order chi connectivity index (χ0) is 15.7. The average Bonchev–Trinajstić information content (AvgIpc) is 2.68. The lowest BCUT2D eigenvalue weighted by Crippen LogP contribution is -2.35. The van der Waals surface area contributed by atoms with Crippen LogP contribution in [0.1, 0.15) is 35.1 Å². The summed E-state index contributed by atoms with van der Waals surface area (Å²) in [6.45, 7) is 7.45. The number of hydrogen-bond acceptors (Lipinski definition) is 3. The highest BCUT2D eigenvalue weighted by Crippen LogP contribution is 2.22. The number of fused-ring (bicyclic) bond motifs is 1. The molecule has 1 aliphatic rings. The van der Waals surface area contributed by atoms with Gasteiger partial charge in [0.05, 0.1) is 5.69 Å². The van der Waals surface area contributed by atoms with E-state index in [1.165, 1.54) is 0 Å². The first-order valence-corrected chi connectivity index (χ1v) is 8.58.